The summed E-state index contributed by atoms with van der Waals surface area (Å²) in [4.78, 5) is 39.9. The van der Waals surface area contributed by atoms with Gasteiger partial charge in [-0.1, -0.05) is 36.4 Å². The van der Waals surface area contributed by atoms with Gasteiger partial charge in [0.1, 0.15) is 5.71 Å². The van der Waals surface area contributed by atoms with Crippen LogP contribution in [0.3, 0.4) is 0 Å². The average Bonchev–Trinajstić information content (AvgIpc) is 2.89. The molecular formula is C21H22N4O3. The Labute approximate surface area is 163 Å². The van der Waals surface area contributed by atoms with E-state index in [4.69, 9.17) is 5.84 Å². The Balaban J connectivity index is 2.01. The van der Waals surface area contributed by atoms with Crippen LogP contribution in [0.15, 0.2) is 41.5 Å². The molecule has 2 aromatic carbocycles. The number of hydrazone groups is 1. The summed E-state index contributed by atoms with van der Waals surface area (Å²) in [6.45, 7) is 7.30. The quantitative estimate of drug-likeness (QED) is 0.370. The Hall–Kier alpha value is -3.48. The lowest BCUT2D eigenvalue weighted by Gasteiger charge is -2.19. The van der Waals surface area contributed by atoms with Gasteiger partial charge in [-0.15, -0.1) is 0 Å². The number of aryl methyl sites for hydroxylation is 4. The lowest BCUT2D eigenvalue weighted by molar-refractivity contribution is -0.127. The number of rotatable bonds is 3. The van der Waals surface area contributed by atoms with Crippen molar-refractivity contribution in [1.82, 2.24) is 0 Å². The summed E-state index contributed by atoms with van der Waals surface area (Å²) in [5, 5.41) is 6.25. The van der Waals surface area contributed by atoms with Crippen LogP contribution in [0.4, 0.5) is 11.4 Å². The molecule has 0 aliphatic carbocycles. The highest BCUT2D eigenvalue weighted by Gasteiger charge is 2.50. The standard InChI is InChI=1S/C21H22N4O3/c1-11-7-5-8-12(2)16(11)23-19(26)15-17(24-22)21(28)25(20(15)27)18-13(3)9-6-10-14(18)4/h5-10,15H,22H2,1-4H3,(H,23,26)/b24-17+/t15-/m0/s1. The smallest absolute Gasteiger partial charge is 0.282 e. The zero-order valence-corrected chi connectivity index (χ0v) is 16.2. The number of nitrogens with one attached hydrogen (secondary N) is 1. The number of carbonyl (C=O) groups is 3. The van der Waals surface area contributed by atoms with Gasteiger partial charge in [0.05, 0.1) is 5.69 Å². The fourth-order valence-corrected chi connectivity index (χ4v) is 3.53. The molecule has 0 spiro atoms. The number of hydrogen-bond donors (Lipinski definition) is 2. The normalized spacial score (nSPS) is 18.1. The number of amides is 3. The average molecular weight is 378 g/mol. The van der Waals surface area contributed by atoms with Crippen LogP contribution < -0.4 is 16.1 Å². The Morgan fingerprint density at radius 3 is 1.96 bits per heavy atom. The number of carbonyl (C=O) groups excluding carboxylic acids is 3. The molecule has 1 aliphatic rings. The minimum atomic E-state index is -1.39. The van der Waals surface area contributed by atoms with E-state index in [0.717, 1.165) is 27.2 Å². The topological polar surface area (TPSA) is 105 Å². The molecule has 3 amide bonds. The predicted octanol–water partition coefficient (Wildman–Crippen LogP) is 2.36. The van der Waals surface area contributed by atoms with Crippen molar-refractivity contribution in [3.63, 3.8) is 0 Å². The van der Waals surface area contributed by atoms with Gasteiger partial charge in [-0.3, -0.25) is 14.4 Å². The molecule has 1 atom stereocenters. The van der Waals surface area contributed by atoms with Gasteiger partial charge in [-0.2, -0.15) is 5.10 Å². The fraction of sp³-hybridized carbons (Fsp3) is 0.238. The number of benzene rings is 2. The van der Waals surface area contributed by atoms with Crippen LogP contribution in [-0.4, -0.2) is 23.4 Å². The SMILES string of the molecule is Cc1cccc(C)c1NC(=O)[C@H]1C(=O)N(c2c(C)cccc2C)C(=O)/C1=N/N. The number of para-hydroxylation sites is 2. The first-order chi connectivity index (χ1) is 13.3. The summed E-state index contributed by atoms with van der Waals surface area (Å²) in [6, 6.07) is 11.0. The van der Waals surface area contributed by atoms with Crippen molar-refractivity contribution in [2.24, 2.45) is 16.9 Å². The van der Waals surface area contributed by atoms with Gasteiger partial charge in [0, 0.05) is 5.69 Å². The summed E-state index contributed by atoms with van der Waals surface area (Å²) in [5.41, 5.74) is 3.99. The van der Waals surface area contributed by atoms with Crippen molar-refractivity contribution < 1.29 is 14.4 Å². The molecule has 7 nitrogen and oxygen atoms in total. The molecule has 0 radical (unpaired) electrons. The maximum Gasteiger partial charge on any atom is 0.282 e. The van der Waals surface area contributed by atoms with E-state index < -0.39 is 23.6 Å². The Kier molecular flexibility index (Phi) is 5.00. The van der Waals surface area contributed by atoms with Crippen LogP contribution >= 0.6 is 0 Å². The number of nitrogens with two attached hydrogens (primary N) is 1. The highest BCUT2D eigenvalue weighted by molar-refractivity contribution is 6.61. The van der Waals surface area contributed by atoms with Crippen molar-refractivity contribution in [2.45, 2.75) is 27.7 Å². The minimum Gasteiger partial charge on any atom is -0.325 e. The molecular weight excluding hydrogens is 356 g/mol. The minimum absolute atomic E-state index is 0.267. The lowest BCUT2D eigenvalue weighted by Crippen LogP contribution is -2.35. The van der Waals surface area contributed by atoms with Crippen molar-refractivity contribution in [3.05, 3.63) is 58.7 Å². The van der Waals surface area contributed by atoms with Crippen LogP contribution in [0.5, 0.6) is 0 Å². The molecule has 0 bridgehead atoms. The maximum absolute atomic E-state index is 13.1. The largest absolute Gasteiger partial charge is 0.325 e. The van der Waals surface area contributed by atoms with Crippen LogP contribution in [0.1, 0.15) is 22.3 Å². The number of imide groups is 1. The van der Waals surface area contributed by atoms with E-state index in [1.165, 1.54) is 0 Å². The van der Waals surface area contributed by atoms with Crippen molar-refractivity contribution >= 4 is 34.8 Å². The van der Waals surface area contributed by atoms with Gasteiger partial charge < -0.3 is 11.2 Å². The molecule has 1 aliphatic heterocycles. The highest BCUT2D eigenvalue weighted by atomic mass is 16.2. The highest BCUT2D eigenvalue weighted by Crippen LogP contribution is 2.31. The maximum atomic E-state index is 13.1. The van der Waals surface area contributed by atoms with E-state index in [9.17, 15) is 14.4 Å². The second-order valence-corrected chi connectivity index (χ2v) is 6.92. The molecule has 1 heterocycles. The van der Waals surface area contributed by atoms with Gasteiger partial charge in [-0.25, -0.2) is 4.90 Å². The van der Waals surface area contributed by atoms with Gasteiger partial charge in [-0.05, 0) is 49.9 Å². The van der Waals surface area contributed by atoms with Gasteiger partial charge in [0.25, 0.3) is 11.8 Å². The molecule has 28 heavy (non-hydrogen) atoms. The third-order valence-corrected chi connectivity index (χ3v) is 4.96. The second kappa shape index (κ2) is 7.26. The van der Waals surface area contributed by atoms with E-state index in [0.29, 0.717) is 11.4 Å². The monoisotopic (exact) mass is 378 g/mol. The molecule has 144 valence electrons. The third kappa shape index (κ3) is 3.05. The fourth-order valence-electron chi connectivity index (χ4n) is 3.53. The second-order valence-electron chi connectivity index (χ2n) is 6.92. The number of nitrogens with zero attached hydrogens (tertiary/aromatic N) is 2. The van der Waals surface area contributed by atoms with E-state index in [2.05, 4.69) is 10.4 Å². The van der Waals surface area contributed by atoms with E-state index >= 15 is 0 Å². The summed E-state index contributed by atoms with van der Waals surface area (Å²) in [6.07, 6.45) is 0. The van der Waals surface area contributed by atoms with Crippen molar-refractivity contribution in [3.8, 4) is 0 Å². The number of hydrogen-bond acceptors (Lipinski definition) is 5. The molecule has 3 N–H and O–H groups in total. The van der Waals surface area contributed by atoms with Crippen molar-refractivity contribution in [1.29, 1.82) is 0 Å². The van der Waals surface area contributed by atoms with Gasteiger partial charge in [0.2, 0.25) is 5.91 Å². The molecule has 1 fully saturated rings. The molecule has 3 rings (SSSR count). The van der Waals surface area contributed by atoms with E-state index in [1.807, 2.05) is 38.1 Å². The molecule has 0 aromatic heterocycles. The molecule has 1 saturated heterocycles. The van der Waals surface area contributed by atoms with Crippen LogP contribution in [0, 0.1) is 33.6 Å². The lowest BCUT2D eigenvalue weighted by atomic mass is 10.0. The predicted molar refractivity (Wildman–Crippen MR) is 108 cm³/mol. The van der Waals surface area contributed by atoms with Gasteiger partial charge >= 0.3 is 0 Å². The Bertz CT molecular complexity index is 986. The summed E-state index contributed by atoms with van der Waals surface area (Å²) < 4.78 is 0. The first-order valence-corrected chi connectivity index (χ1v) is 8.87. The summed E-state index contributed by atoms with van der Waals surface area (Å²) in [5.74, 6) is 2.04. The zero-order chi connectivity index (χ0) is 20.6. The van der Waals surface area contributed by atoms with Gasteiger partial charge in [0.15, 0.2) is 5.92 Å². The van der Waals surface area contributed by atoms with Crippen LogP contribution in [-0.2, 0) is 14.4 Å². The Morgan fingerprint density at radius 1 is 0.964 bits per heavy atom. The molecule has 7 heteroatoms. The molecule has 0 unspecified atom stereocenters. The Morgan fingerprint density at radius 2 is 1.46 bits per heavy atom. The first kappa shape index (κ1) is 19.3. The summed E-state index contributed by atoms with van der Waals surface area (Å²) in [7, 11) is 0. The van der Waals surface area contributed by atoms with Crippen LogP contribution in [0.2, 0.25) is 0 Å². The number of anilines is 2. The van der Waals surface area contributed by atoms with E-state index in [-0.39, 0.29) is 5.71 Å². The third-order valence-electron chi connectivity index (χ3n) is 4.96. The van der Waals surface area contributed by atoms with Crippen molar-refractivity contribution in [2.75, 3.05) is 10.2 Å². The summed E-state index contributed by atoms with van der Waals surface area (Å²) >= 11 is 0. The first-order valence-electron chi connectivity index (χ1n) is 8.87. The molecule has 2 aromatic rings. The molecule has 0 saturated carbocycles. The van der Waals surface area contributed by atoms with Crippen LogP contribution in [0.25, 0.3) is 0 Å². The zero-order valence-electron chi connectivity index (χ0n) is 16.2. The van der Waals surface area contributed by atoms with E-state index in [1.54, 1.807) is 26.0 Å².